The van der Waals surface area contributed by atoms with Crippen LogP contribution in [0.5, 0.6) is 0 Å². The number of hydrogen-bond acceptors (Lipinski definition) is 5. The first-order valence-corrected chi connectivity index (χ1v) is 8.48. The number of aromatic nitrogens is 4. The Kier molecular flexibility index (Phi) is 5.15. The van der Waals surface area contributed by atoms with Crippen LogP contribution in [0.15, 0.2) is 30.5 Å². The Hall–Kier alpha value is -2.91. The fraction of sp³-hybridized carbons (Fsp3) is 0.188. The van der Waals surface area contributed by atoms with Crippen LogP contribution in [0.1, 0.15) is 21.7 Å². The van der Waals surface area contributed by atoms with Crippen LogP contribution in [0.3, 0.4) is 0 Å². The summed E-state index contributed by atoms with van der Waals surface area (Å²) in [7, 11) is 1.52. The number of nitrogens with zero attached hydrogens (tertiary/aromatic N) is 5. The molecule has 0 spiro atoms. The zero-order valence-corrected chi connectivity index (χ0v) is 15.8. The lowest BCUT2D eigenvalue weighted by Gasteiger charge is -2.02. The lowest BCUT2D eigenvalue weighted by molar-refractivity contribution is -0.385. The molecule has 0 atom stereocenters. The third-order valence-electron chi connectivity index (χ3n) is 3.91. The van der Waals surface area contributed by atoms with E-state index in [0.29, 0.717) is 11.6 Å². The highest BCUT2D eigenvalue weighted by Gasteiger charge is 2.29. The number of amides is 1. The van der Waals surface area contributed by atoms with Crippen LogP contribution in [0, 0.1) is 17.0 Å². The fourth-order valence-electron chi connectivity index (χ4n) is 2.47. The van der Waals surface area contributed by atoms with Gasteiger partial charge in [-0.25, -0.2) is 0 Å². The minimum atomic E-state index is -0.760. The molecule has 1 aromatic carbocycles. The Morgan fingerprint density at radius 2 is 1.93 bits per heavy atom. The summed E-state index contributed by atoms with van der Waals surface area (Å²) in [5.41, 5.74) is 0.548. The van der Waals surface area contributed by atoms with Crippen molar-refractivity contribution in [2.75, 3.05) is 5.32 Å². The van der Waals surface area contributed by atoms with Gasteiger partial charge in [0, 0.05) is 18.3 Å². The van der Waals surface area contributed by atoms with E-state index in [9.17, 15) is 14.9 Å². The van der Waals surface area contributed by atoms with Crippen molar-refractivity contribution >= 4 is 40.6 Å². The second-order valence-corrected chi connectivity index (χ2v) is 6.61. The molecule has 0 radical (unpaired) electrons. The maximum atomic E-state index is 12.4. The number of nitro groups is 1. The molecule has 0 saturated heterocycles. The second kappa shape index (κ2) is 7.37. The molecule has 0 bridgehead atoms. The van der Waals surface area contributed by atoms with Crippen molar-refractivity contribution in [2.45, 2.75) is 13.5 Å². The highest BCUT2D eigenvalue weighted by Crippen LogP contribution is 2.25. The van der Waals surface area contributed by atoms with E-state index in [2.05, 4.69) is 15.5 Å². The molecule has 1 N–H and O–H groups in total. The van der Waals surface area contributed by atoms with Crippen molar-refractivity contribution in [3.8, 4) is 0 Å². The van der Waals surface area contributed by atoms with Crippen LogP contribution < -0.4 is 5.32 Å². The number of carbonyl (C=O) groups excluding carboxylic acids is 1. The predicted octanol–water partition coefficient (Wildman–Crippen LogP) is 3.44. The highest BCUT2D eigenvalue weighted by atomic mass is 35.5. The van der Waals surface area contributed by atoms with Crippen molar-refractivity contribution < 1.29 is 9.72 Å². The third kappa shape index (κ3) is 3.93. The molecule has 140 valence electrons. The van der Waals surface area contributed by atoms with Gasteiger partial charge in [-0.05, 0) is 24.6 Å². The van der Waals surface area contributed by atoms with E-state index in [1.54, 1.807) is 23.0 Å². The van der Waals surface area contributed by atoms with Gasteiger partial charge in [0.25, 0.3) is 5.91 Å². The molecule has 0 fully saturated rings. The molecule has 3 rings (SSSR count). The van der Waals surface area contributed by atoms with Gasteiger partial charge in [-0.2, -0.15) is 10.2 Å². The van der Waals surface area contributed by atoms with Crippen LogP contribution in [0.4, 0.5) is 11.5 Å². The fourth-order valence-corrected chi connectivity index (χ4v) is 2.80. The molecule has 0 aliphatic carbocycles. The summed E-state index contributed by atoms with van der Waals surface area (Å²) in [6.45, 7) is 1.92. The predicted molar refractivity (Wildman–Crippen MR) is 100 cm³/mol. The Morgan fingerprint density at radius 1 is 1.26 bits per heavy atom. The summed E-state index contributed by atoms with van der Waals surface area (Å²) in [6.07, 6.45) is 1.55. The second-order valence-electron chi connectivity index (χ2n) is 5.77. The zero-order chi connectivity index (χ0) is 19.7. The van der Waals surface area contributed by atoms with Crippen LogP contribution in [0.25, 0.3) is 0 Å². The van der Waals surface area contributed by atoms with Gasteiger partial charge >= 0.3 is 5.69 Å². The van der Waals surface area contributed by atoms with E-state index in [4.69, 9.17) is 23.2 Å². The molecule has 27 heavy (non-hydrogen) atoms. The molecule has 3 aromatic rings. The first-order chi connectivity index (χ1) is 12.8. The Balaban J connectivity index is 1.81. The maximum absolute atomic E-state index is 12.4. The van der Waals surface area contributed by atoms with Crippen molar-refractivity contribution in [3.05, 3.63) is 67.6 Å². The molecule has 0 unspecified atom stereocenters. The Labute approximate surface area is 163 Å². The lowest BCUT2D eigenvalue weighted by atomic mass is 10.2. The van der Waals surface area contributed by atoms with E-state index in [-0.39, 0.29) is 27.9 Å². The van der Waals surface area contributed by atoms with Crippen molar-refractivity contribution in [3.63, 3.8) is 0 Å². The number of rotatable bonds is 5. The normalized spacial score (nSPS) is 10.8. The van der Waals surface area contributed by atoms with E-state index < -0.39 is 10.8 Å². The van der Waals surface area contributed by atoms with E-state index in [1.165, 1.54) is 18.7 Å². The van der Waals surface area contributed by atoms with Gasteiger partial charge < -0.3 is 5.32 Å². The topological polar surface area (TPSA) is 108 Å². The summed E-state index contributed by atoms with van der Waals surface area (Å²) >= 11 is 12.0. The smallest absolute Gasteiger partial charge is 0.302 e. The van der Waals surface area contributed by atoms with Gasteiger partial charge in [0.2, 0.25) is 5.69 Å². The Morgan fingerprint density at radius 3 is 2.56 bits per heavy atom. The van der Waals surface area contributed by atoms with E-state index in [0.717, 1.165) is 5.56 Å². The molecule has 1 amide bonds. The van der Waals surface area contributed by atoms with Gasteiger partial charge in [0.1, 0.15) is 10.7 Å². The zero-order valence-electron chi connectivity index (χ0n) is 14.3. The number of carbonyl (C=O) groups is 1. The SMILES string of the molecule is Cc1c([N+](=O)[O-])c(C(=O)Nc2nn(Cc3ccc(Cl)cc3)cc2Cl)nn1C. The summed E-state index contributed by atoms with van der Waals surface area (Å²) in [6, 6.07) is 7.20. The number of nitrogens with one attached hydrogen (secondary N) is 1. The van der Waals surface area contributed by atoms with Crippen molar-refractivity contribution in [2.24, 2.45) is 7.05 Å². The lowest BCUT2D eigenvalue weighted by Crippen LogP contribution is -2.15. The summed E-state index contributed by atoms with van der Waals surface area (Å²) in [4.78, 5) is 23.0. The van der Waals surface area contributed by atoms with Crippen LogP contribution in [-0.2, 0) is 13.6 Å². The van der Waals surface area contributed by atoms with Crippen molar-refractivity contribution in [1.29, 1.82) is 0 Å². The number of hydrogen-bond donors (Lipinski definition) is 1. The van der Waals surface area contributed by atoms with Gasteiger partial charge in [-0.1, -0.05) is 35.3 Å². The summed E-state index contributed by atoms with van der Waals surface area (Å²) < 4.78 is 2.81. The average Bonchev–Trinajstić information content (AvgIpc) is 3.09. The van der Waals surface area contributed by atoms with Crippen LogP contribution in [0.2, 0.25) is 10.0 Å². The Bertz CT molecular complexity index is 1030. The quantitative estimate of drug-likeness (QED) is 0.513. The number of anilines is 1. The minimum absolute atomic E-state index is 0.0910. The van der Waals surface area contributed by atoms with E-state index >= 15 is 0 Å². The van der Waals surface area contributed by atoms with Crippen molar-refractivity contribution in [1.82, 2.24) is 19.6 Å². The number of halogens is 2. The van der Waals surface area contributed by atoms with E-state index in [1.807, 2.05) is 12.1 Å². The van der Waals surface area contributed by atoms with Gasteiger partial charge in [0.05, 0.1) is 11.5 Å². The van der Waals surface area contributed by atoms with Crippen LogP contribution >= 0.6 is 23.2 Å². The third-order valence-corrected chi connectivity index (χ3v) is 4.44. The summed E-state index contributed by atoms with van der Waals surface area (Å²) in [5.74, 6) is -0.669. The van der Waals surface area contributed by atoms with Crippen LogP contribution in [-0.4, -0.2) is 30.4 Å². The molecule has 0 aliphatic heterocycles. The number of benzene rings is 1. The maximum Gasteiger partial charge on any atom is 0.322 e. The molecule has 11 heteroatoms. The molecule has 0 aliphatic rings. The van der Waals surface area contributed by atoms with Gasteiger partial charge in [0.15, 0.2) is 5.82 Å². The molecule has 2 aromatic heterocycles. The molecular formula is C16H14Cl2N6O3. The highest BCUT2D eigenvalue weighted by molar-refractivity contribution is 6.33. The number of aryl methyl sites for hydroxylation is 1. The summed E-state index contributed by atoms with van der Waals surface area (Å²) in [5, 5.41) is 22.7. The molecule has 0 saturated carbocycles. The first-order valence-electron chi connectivity index (χ1n) is 7.73. The standard InChI is InChI=1S/C16H14Cl2N6O3/c1-9-14(24(26)27)13(20-22(9)2)16(25)19-15-12(18)8-23(21-15)7-10-3-5-11(17)6-4-10/h3-6,8H,7H2,1-2H3,(H,19,21,25). The first kappa shape index (κ1) is 18.9. The molecule has 2 heterocycles. The molecule has 9 nitrogen and oxygen atoms in total. The average molecular weight is 409 g/mol. The monoisotopic (exact) mass is 408 g/mol. The molecular weight excluding hydrogens is 395 g/mol. The largest absolute Gasteiger partial charge is 0.322 e. The van der Waals surface area contributed by atoms with Gasteiger partial charge in [-0.15, -0.1) is 0 Å². The van der Waals surface area contributed by atoms with Gasteiger partial charge in [-0.3, -0.25) is 24.3 Å². The minimum Gasteiger partial charge on any atom is -0.302 e.